The number of halogens is 1. The van der Waals surface area contributed by atoms with Crippen molar-refractivity contribution < 1.29 is 9.50 Å². The molecule has 0 saturated heterocycles. The molecule has 0 amide bonds. The highest BCUT2D eigenvalue weighted by Gasteiger charge is 2.18. The fourth-order valence-electron chi connectivity index (χ4n) is 3.06. The molecule has 1 aromatic heterocycles. The summed E-state index contributed by atoms with van der Waals surface area (Å²) < 4.78 is 14.9. The van der Waals surface area contributed by atoms with Crippen LogP contribution in [0.15, 0.2) is 53.3 Å². The lowest BCUT2D eigenvalue weighted by molar-refractivity contribution is 0.267. The summed E-state index contributed by atoms with van der Waals surface area (Å²) in [4.78, 5) is 12.8. The molecule has 3 aromatic rings. The van der Waals surface area contributed by atoms with Gasteiger partial charge in [0.25, 0.3) is 5.56 Å². The Balaban J connectivity index is 2.50. The van der Waals surface area contributed by atoms with E-state index in [1.807, 2.05) is 32.0 Å². The summed E-state index contributed by atoms with van der Waals surface area (Å²) in [5.41, 5.74) is 1.98. The largest absolute Gasteiger partial charge is 0.390 e. The second kappa shape index (κ2) is 5.97. The number of hydrogen-bond donors (Lipinski definition) is 1. The number of benzene rings is 2. The Hall–Kier alpha value is -2.46. The summed E-state index contributed by atoms with van der Waals surface area (Å²) in [5.74, 6) is -0.319. The third-order valence-electron chi connectivity index (χ3n) is 4.02. The standard InChI is InChI=1S/C19H18FNO2/c1-12(2)21-17(11-22)18(13-7-9-14(20)10-8-13)15-5-3-4-6-16(15)19(21)23/h3-10,12,22H,11H2,1-2H3. The molecule has 118 valence electrons. The molecule has 0 atom stereocenters. The van der Waals surface area contributed by atoms with Crippen LogP contribution in [0.5, 0.6) is 0 Å². The topological polar surface area (TPSA) is 42.2 Å². The fourth-order valence-corrected chi connectivity index (χ4v) is 3.06. The molecule has 0 unspecified atom stereocenters. The molecule has 0 aliphatic rings. The van der Waals surface area contributed by atoms with E-state index < -0.39 is 0 Å². The van der Waals surface area contributed by atoms with Gasteiger partial charge in [-0.05, 0) is 43.0 Å². The van der Waals surface area contributed by atoms with E-state index in [0.717, 1.165) is 16.5 Å². The summed E-state index contributed by atoms with van der Waals surface area (Å²) >= 11 is 0. The van der Waals surface area contributed by atoms with E-state index in [1.54, 1.807) is 22.8 Å². The van der Waals surface area contributed by atoms with Gasteiger partial charge in [0.2, 0.25) is 0 Å². The van der Waals surface area contributed by atoms with Gasteiger partial charge in [-0.15, -0.1) is 0 Å². The van der Waals surface area contributed by atoms with Crippen molar-refractivity contribution in [1.82, 2.24) is 4.57 Å². The molecule has 0 fully saturated rings. The van der Waals surface area contributed by atoms with Crippen molar-refractivity contribution in [2.24, 2.45) is 0 Å². The minimum atomic E-state index is -0.319. The summed E-state index contributed by atoms with van der Waals surface area (Å²) in [6.45, 7) is 3.55. The summed E-state index contributed by atoms with van der Waals surface area (Å²) in [7, 11) is 0. The fraction of sp³-hybridized carbons (Fsp3) is 0.211. The van der Waals surface area contributed by atoms with E-state index in [1.165, 1.54) is 12.1 Å². The lowest BCUT2D eigenvalue weighted by Crippen LogP contribution is -2.26. The Morgan fingerprint density at radius 1 is 1.04 bits per heavy atom. The first-order valence-electron chi connectivity index (χ1n) is 7.57. The molecule has 0 spiro atoms. The van der Waals surface area contributed by atoms with Gasteiger partial charge in [0, 0.05) is 17.0 Å². The van der Waals surface area contributed by atoms with Crippen LogP contribution in [0.2, 0.25) is 0 Å². The van der Waals surface area contributed by atoms with Gasteiger partial charge in [0.05, 0.1) is 12.3 Å². The average molecular weight is 311 g/mol. The van der Waals surface area contributed by atoms with Crippen LogP contribution in [0, 0.1) is 5.82 Å². The molecule has 3 nitrogen and oxygen atoms in total. The number of nitrogens with zero attached hydrogens (tertiary/aromatic N) is 1. The smallest absolute Gasteiger partial charge is 0.258 e. The first kappa shape index (κ1) is 15.4. The lowest BCUT2D eigenvalue weighted by atomic mass is 9.96. The quantitative estimate of drug-likeness (QED) is 0.797. The van der Waals surface area contributed by atoms with E-state index in [0.29, 0.717) is 11.1 Å². The average Bonchev–Trinajstić information content (AvgIpc) is 2.55. The van der Waals surface area contributed by atoms with Crippen LogP contribution in [0.4, 0.5) is 4.39 Å². The molecule has 0 aliphatic heterocycles. The van der Waals surface area contributed by atoms with E-state index in [2.05, 4.69) is 0 Å². The number of fused-ring (bicyclic) bond motifs is 1. The van der Waals surface area contributed by atoms with Gasteiger partial charge >= 0.3 is 0 Å². The molecule has 0 saturated carbocycles. The van der Waals surface area contributed by atoms with Crippen molar-refractivity contribution in [3.63, 3.8) is 0 Å². The Kier molecular flexibility index (Phi) is 4.01. The molecule has 0 aliphatic carbocycles. The molecule has 2 aromatic carbocycles. The Morgan fingerprint density at radius 3 is 2.22 bits per heavy atom. The van der Waals surface area contributed by atoms with Crippen molar-refractivity contribution in [3.05, 3.63) is 70.4 Å². The third-order valence-corrected chi connectivity index (χ3v) is 4.02. The second-order valence-electron chi connectivity index (χ2n) is 5.80. The van der Waals surface area contributed by atoms with Crippen LogP contribution >= 0.6 is 0 Å². The zero-order chi connectivity index (χ0) is 16.6. The number of aromatic nitrogens is 1. The molecule has 1 heterocycles. The van der Waals surface area contributed by atoms with Gasteiger partial charge in [-0.2, -0.15) is 0 Å². The summed E-state index contributed by atoms with van der Waals surface area (Å²) in [5, 5.41) is 11.3. The van der Waals surface area contributed by atoms with Gasteiger partial charge < -0.3 is 9.67 Å². The third kappa shape index (κ3) is 2.55. The molecule has 0 radical (unpaired) electrons. The second-order valence-corrected chi connectivity index (χ2v) is 5.80. The number of hydrogen-bond acceptors (Lipinski definition) is 2. The number of rotatable bonds is 3. The highest BCUT2D eigenvalue weighted by Crippen LogP contribution is 2.32. The van der Waals surface area contributed by atoms with Gasteiger partial charge in [0.15, 0.2) is 0 Å². The number of aliphatic hydroxyl groups is 1. The minimum absolute atomic E-state index is 0.0894. The van der Waals surface area contributed by atoms with Crippen molar-refractivity contribution in [1.29, 1.82) is 0 Å². The van der Waals surface area contributed by atoms with Crippen LogP contribution in [0.1, 0.15) is 25.6 Å². The van der Waals surface area contributed by atoms with E-state index >= 15 is 0 Å². The monoisotopic (exact) mass is 311 g/mol. The van der Waals surface area contributed by atoms with E-state index in [-0.39, 0.29) is 24.0 Å². The van der Waals surface area contributed by atoms with Crippen LogP contribution < -0.4 is 5.56 Å². The van der Waals surface area contributed by atoms with Crippen molar-refractivity contribution in [3.8, 4) is 11.1 Å². The maximum absolute atomic E-state index is 13.3. The van der Waals surface area contributed by atoms with Crippen molar-refractivity contribution >= 4 is 10.8 Å². The molecule has 3 rings (SSSR count). The molecular formula is C19H18FNO2. The summed E-state index contributed by atoms with van der Waals surface area (Å²) in [6, 6.07) is 13.3. The van der Waals surface area contributed by atoms with Gasteiger partial charge in [0.1, 0.15) is 5.82 Å². The zero-order valence-corrected chi connectivity index (χ0v) is 13.1. The predicted octanol–water partition coefficient (Wildman–Crippen LogP) is 3.88. The van der Waals surface area contributed by atoms with Crippen LogP contribution in [0.25, 0.3) is 21.9 Å². The Labute approximate surface area is 133 Å². The van der Waals surface area contributed by atoms with Gasteiger partial charge in [-0.25, -0.2) is 4.39 Å². The lowest BCUT2D eigenvalue weighted by Gasteiger charge is -2.21. The van der Waals surface area contributed by atoms with Gasteiger partial charge in [-0.3, -0.25) is 4.79 Å². The maximum atomic E-state index is 13.3. The highest BCUT2D eigenvalue weighted by atomic mass is 19.1. The molecule has 4 heteroatoms. The van der Waals surface area contributed by atoms with Crippen LogP contribution in [-0.4, -0.2) is 9.67 Å². The SMILES string of the molecule is CC(C)n1c(CO)c(-c2ccc(F)cc2)c2ccccc2c1=O. The molecule has 1 N–H and O–H groups in total. The van der Waals surface area contributed by atoms with Crippen molar-refractivity contribution in [2.45, 2.75) is 26.5 Å². The number of aliphatic hydroxyl groups excluding tert-OH is 1. The van der Waals surface area contributed by atoms with Crippen LogP contribution in [0.3, 0.4) is 0 Å². The Morgan fingerprint density at radius 2 is 1.65 bits per heavy atom. The number of pyridine rings is 1. The van der Waals surface area contributed by atoms with E-state index in [9.17, 15) is 14.3 Å². The molecule has 23 heavy (non-hydrogen) atoms. The normalized spacial score (nSPS) is 11.3. The Bertz CT molecular complexity index is 911. The zero-order valence-electron chi connectivity index (χ0n) is 13.1. The highest BCUT2D eigenvalue weighted by molar-refractivity contribution is 5.97. The maximum Gasteiger partial charge on any atom is 0.258 e. The first-order valence-corrected chi connectivity index (χ1v) is 7.57. The van der Waals surface area contributed by atoms with Crippen LogP contribution in [-0.2, 0) is 6.61 Å². The molecule has 0 bridgehead atoms. The van der Waals surface area contributed by atoms with Gasteiger partial charge in [-0.1, -0.05) is 30.3 Å². The minimum Gasteiger partial charge on any atom is -0.390 e. The first-order chi connectivity index (χ1) is 11.0. The molecular weight excluding hydrogens is 293 g/mol. The predicted molar refractivity (Wildman–Crippen MR) is 89.9 cm³/mol. The van der Waals surface area contributed by atoms with Crippen molar-refractivity contribution in [2.75, 3.05) is 0 Å². The van der Waals surface area contributed by atoms with E-state index in [4.69, 9.17) is 0 Å². The summed E-state index contributed by atoms with van der Waals surface area (Å²) in [6.07, 6.45) is 0.